The highest BCUT2D eigenvalue weighted by Gasteiger charge is 2.36. The van der Waals surface area contributed by atoms with Crippen molar-refractivity contribution in [2.45, 2.75) is 45.5 Å². The number of carbonyl (C=O) groups excluding carboxylic acids is 2. The number of hydrogen-bond acceptors (Lipinski definition) is 5. The van der Waals surface area contributed by atoms with Crippen molar-refractivity contribution in [2.75, 3.05) is 13.1 Å². The fraction of sp³-hybridized carbons (Fsp3) is 0.556. The van der Waals surface area contributed by atoms with Gasteiger partial charge >= 0.3 is 12.1 Å². The Morgan fingerprint density at radius 3 is 2.50 bits per heavy atom. The predicted molar refractivity (Wildman–Crippen MR) is 88.2 cm³/mol. The number of ether oxygens (including phenoxy) is 2. The number of benzene rings is 1. The van der Waals surface area contributed by atoms with Crippen molar-refractivity contribution in [2.24, 2.45) is 5.92 Å². The molecule has 1 heterocycles. The Balaban J connectivity index is 1.81. The molecule has 6 heteroatoms. The van der Waals surface area contributed by atoms with Crippen molar-refractivity contribution in [3.63, 3.8) is 0 Å². The lowest BCUT2D eigenvalue weighted by molar-refractivity contribution is -0.156. The van der Waals surface area contributed by atoms with Gasteiger partial charge in [-0.1, -0.05) is 30.3 Å². The molecule has 1 fully saturated rings. The van der Waals surface area contributed by atoms with Gasteiger partial charge in [-0.2, -0.15) is 0 Å². The Hall–Kier alpha value is -2.08. The van der Waals surface area contributed by atoms with Gasteiger partial charge in [0.05, 0.1) is 19.1 Å². The fourth-order valence-electron chi connectivity index (χ4n) is 2.61. The van der Waals surface area contributed by atoms with Crippen LogP contribution in [0.5, 0.6) is 0 Å². The molecule has 0 bridgehead atoms. The van der Waals surface area contributed by atoms with Gasteiger partial charge in [-0.05, 0) is 26.3 Å². The van der Waals surface area contributed by atoms with E-state index in [1.807, 2.05) is 30.3 Å². The third kappa shape index (κ3) is 5.53. The van der Waals surface area contributed by atoms with Crippen LogP contribution in [-0.4, -0.2) is 46.9 Å². The van der Waals surface area contributed by atoms with Crippen LogP contribution in [0.25, 0.3) is 0 Å². The average molecular weight is 335 g/mol. The highest BCUT2D eigenvalue weighted by molar-refractivity contribution is 5.71. The molecular weight excluding hydrogens is 310 g/mol. The number of nitrogens with zero attached hydrogens (tertiary/aromatic N) is 1. The monoisotopic (exact) mass is 335 g/mol. The van der Waals surface area contributed by atoms with Crippen LogP contribution in [0.4, 0.5) is 4.79 Å². The molecular formula is C18H25NO5. The first kappa shape index (κ1) is 18.3. The molecule has 0 saturated carbocycles. The normalized spacial score (nSPS) is 20.8. The van der Waals surface area contributed by atoms with Gasteiger partial charge in [0.25, 0.3) is 0 Å². The molecule has 1 N–H and O–H groups in total. The average Bonchev–Trinajstić information content (AvgIpc) is 2.85. The van der Waals surface area contributed by atoms with Crippen LogP contribution in [0.1, 0.15) is 32.8 Å². The first-order valence-corrected chi connectivity index (χ1v) is 8.10. The standard InChI is InChI=1S/C18H25NO5/c1-18(2,3)24-16(21)9-14-10-19(11-15(14)20)17(22)23-12-13-7-5-4-6-8-13/h4-8,14-15,20H,9-12H2,1-3H3/t14-,15+/m0/s1. The molecule has 0 spiro atoms. The van der Waals surface area contributed by atoms with E-state index >= 15 is 0 Å². The molecule has 1 aromatic rings. The smallest absolute Gasteiger partial charge is 0.410 e. The molecule has 1 amide bonds. The van der Waals surface area contributed by atoms with Gasteiger partial charge in [-0.3, -0.25) is 4.79 Å². The second kappa shape index (κ2) is 7.66. The van der Waals surface area contributed by atoms with Crippen LogP contribution in [-0.2, 0) is 20.9 Å². The van der Waals surface area contributed by atoms with E-state index < -0.39 is 17.8 Å². The number of esters is 1. The SMILES string of the molecule is CC(C)(C)OC(=O)C[C@H]1CN(C(=O)OCc2ccccc2)C[C@H]1O. The molecule has 2 rings (SSSR count). The highest BCUT2D eigenvalue weighted by atomic mass is 16.6. The molecule has 6 nitrogen and oxygen atoms in total. The maximum absolute atomic E-state index is 12.1. The van der Waals surface area contributed by atoms with Crippen molar-refractivity contribution >= 4 is 12.1 Å². The molecule has 24 heavy (non-hydrogen) atoms. The van der Waals surface area contributed by atoms with Gasteiger partial charge in [0.2, 0.25) is 0 Å². The molecule has 0 radical (unpaired) electrons. The zero-order valence-electron chi connectivity index (χ0n) is 14.4. The summed E-state index contributed by atoms with van der Waals surface area (Å²) in [6.45, 7) is 6.02. The first-order valence-electron chi connectivity index (χ1n) is 8.10. The number of likely N-dealkylation sites (tertiary alicyclic amines) is 1. The first-order chi connectivity index (χ1) is 11.2. The van der Waals surface area contributed by atoms with Gasteiger partial charge in [-0.15, -0.1) is 0 Å². The Bertz CT molecular complexity index is 567. The minimum atomic E-state index is -0.748. The number of carbonyl (C=O) groups is 2. The Labute approximate surface area is 142 Å². The number of β-amino-alcohol motifs (C(OH)–C–C–N with tert-alkyl or cyclic N) is 1. The fourth-order valence-corrected chi connectivity index (χ4v) is 2.61. The number of amides is 1. The van der Waals surface area contributed by atoms with Gasteiger partial charge < -0.3 is 19.5 Å². The summed E-state index contributed by atoms with van der Waals surface area (Å²) in [5.41, 5.74) is 0.338. The quantitative estimate of drug-likeness (QED) is 0.855. The molecule has 1 aromatic carbocycles. The van der Waals surface area contributed by atoms with E-state index in [0.717, 1.165) is 5.56 Å². The van der Waals surface area contributed by atoms with Crippen LogP contribution in [0, 0.1) is 5.92 Å². The van der Waals surface area contributed by atoms with Gasteiger partial charge in [0, 0.05) is 12.5 Å². The summed E-state index contributed by atoms with van der Waals surface area (Å²) >= 11 is 0. The lowest BCUT2D eigenvalue weighted by Gasteiger charge is -2.21. The van der Waals surface area contributed by atoms with Crippen molar-refractivity contribution < 1.29 is 24.2 Å². The topological polar surface area (TPSA) is 76.1 Å². The number of aliphatic hydroxyl groups excluding tert-OH is 1. The van der Waals surface area contributed by atoms with E-state index in [9.17, 15) is 14.7 Å². The zero-order chi connectivity index (χ0) is 17.7. The summed E-state index contributed by atoms with van der Waals surface area (Å²) in [7, 11) is 0. The molecule has 2 atom stereocenters. The molecule has 1 aliphatic rings. The zero-order valence-corrected chi connectivity index (χ0v) is 14.4. The Kier molecular flexibility index (Phi) is 5.83. The summed E-state index contributed by atoms with van der Waals surface area (Å²) in [6.07, 6.45) is -1.15. The number of rotatable bonds is 4. The summed E-state index contributed by atoms with van der Waals surface area (Å²) in [6, 6.07) is 9.39. The van der Waals surface area contributed by atoms with Crippen molar-refractivity contribution in [1.29, 1.82) is 0 Å². The van der Waals surface area contributed by atoms with E-state index in [2.05, 4.69) is 0 Å². The molecule has 0 aromatic heterocycles. The van der Waals surface area contributed by atoms with Crippen LogP contribution < -0.4 is 0 Å². The number of hydrogen-bond donors (Lipinski definition) is 1. The van der Waals surface area contributed by atoms with Crippen LogP contribution >= 0.6 is 0 Å². The largest absolute Gasteiger partial charge is 0.460 e. The van der Waals surface area contributed by atoms with Gasteiger partial charge in [0.15, 0.2) is 0 Å². The van der Waals surface area contributed by atoms with Crippen molar-refractivity contribution in [3.8, 4) is 0 Å². The maximum Gasteiger partial charge on any atom is 0.410 e. The highest BCUT2D eigenvalue weighted by Crippen LogP contribution is 2.23. The lowest BCUT2D eigenvalue weighted by atomic mass is 10.0. The molecule has 132 valence electrons. The summed E-state index contributed by atoms with van der Waals surface area (Å²) in [5, 5.41) is 10.1. The van der Waals surface area contributed by atoms with E-state index in [1.54, 1.807) is 20.8 Å². The summed E-state index contributed by atoms with van der Waals surface area (Å²) in [5.74, 6) is -0.699. The molecule has 0 unspecified atom stereocenters. The van der Waals surface area contributed by atoms with E-state index in [1.165, 1.54) is 4.90 Å². The number of aliphatic hydroxyl groups is 1. The second-order valence-corrected chi connectivity index (χ2v) is 7.06. The molecule has 1 aliphatic heterocycles. The van der Waals surface area contributed by atoms with Crippen molar-refractivity contribution in [3.05, 3.63) is 35.9 Å². The predicted octanol–water partition coefficient (Wildman–Crippen LogP) is 2.35. The minimum Gasteiger partial charge on any atom is -0.460 e. The summed E-state index contributed by atoms with van der Waals surface area (Å²) in [4.78, 5) is 25.4. The van der Waals surface area contributed by atoms with Crippen molar-refractivity contribution in [1.82, 2.24) is 4.90 Å². The maximum atomic E-state index is 12.1. The van der Waals surface area contributed by atoms with Crippen LogP contribution in [0.3, 0.4) is 0 Å². The Morgan fingerprint density at radius 2 is 1.88 bits per heavy atom. The van der Waals surface area contributed by atoms with E-state index in [0.29, 0.717) is 0 Å². The van der Waals surface area contributed by atoms with E-state index in [-0.39, 0.29) is 38.0 Å². The van der Waals surface area contributed by atoms with Crippen LogP contribution in [0.2, 0.25) is 0 Å². The molecule has 1 saturated heterocycles. The third-order valence-electron chi connectivity index (χ3n) is 3.72. The third-order valence-corrected chi connectivity index (χ3v) is 3.72. The lowest BCUT2D eigenvalue weighted by Crippen LogP contribution is -2.30. The second-order valence-electron chi connectivity index (χ2n) is 7.06. The van der Waals surface area contributed by atoms with Crippen LogP contribution in [0.15, 0.2) is 30.3 Å². The van der Waals surface area contributed by atoms with Gasteiger partial charge in [0.1, 0.15) is 12.2 Å². The summed E-state index contributed by atoms with van der Waals surface area (Å²) < 4.78 is 10.5. The minimum absolute atomic E-state index is 0.0842. The molecule has 0 aliphatic carbocycles. The van der Waals surface area contributed by atoms with E-state index in [4.69, 9.17) is 9.47 Å². The van der Waals surface area contributed by atoms with Gasteiger partial charge in [-0.25, -0.2) is 4.79 Å². The Morgan fingerprint density at radius 1 is 1.21 bits per heavy atom.